The van der Waals surface area contributed by atoms with Gasteiger partial charge in [0, 0.05) is 0 Å². The number of rotatable bonds is 4. The lowest BCUT2D eigenvalue weighted by molar-refractivity contribution is 0.808. The van der Waals surface area contributed by atoms with Crippen LogP contribution in [0.5, 0.6) is 0 Å². The summed E-state index contributed by atoms with van der Waals surface area (Å²) in [6, 6.07) is 4.47. The molecule has 0 aliphatic heterocycles. The second kappa shape index (κ2) is 5.91. The molecule has 0 radical (unpaired) electrons. The average Bonchev–Trinajstić information content (AvgIpc) is 2.28. The molecule has 1 N–H and O–H groups in total. The van der Waals surface area contributed by atoms with Crippen LogP contribution in [0.3, 0.4) is 0 Å². The highest BCUT2D eigenvalue weighted by atomic mass is 14.9. The zero-order valence-corrected chi connectivity index (χ0v) is 12.3. The normalized spacial score (nSPS) is 11.1. The van der Waals surface area contributed by atoms with Crippen LogP contribution in [0.15, 0.2) is 12.1 Å². The zero-order valence-electron chi connectivity index (χ0n) is 12.3. The number of nitrogens with zero attached hydrogens (tertiary/aromatic N) is 1. The van der Waals surface area contributed by atoms with Crippen molar-refractivity contribution < 1.29 is 0 Å². The second-order valence-corrected chi connectivity index (χ2v) is 5.78. The van der Waals surface area contributed by atoms with Crippen molar-refractivity contribution in [3.63, 3.8) is 0 Å². The molecule has 0 spiro atoms. The van der Waals surface area contributed by atoms with E-state index in [4.69, 9.17) is 5.26 Å². The van der Waals surface area contributed by atoms with Crippen LogP contribution in [-0.4, -0.2) is 0 Å². The van der Waals surface area contributed by atoms with Crippen LogP contribution in [0.4, 0.5) is 5.69 Å². The van der Waals surface area contributed by atoms with Gasteiger partial charge >= 0.3 is 0 Å². The summed E-state index contributed by atoms with van der Waals surface area (Å²) in [5, 5.41) is 11.8. The van der Waals surface area contributed by atoms with E-state index in [9.17, 15) is 0 Å². The highest BCUT2D eigenvalue weighted by Crippen LogP contribution is 2.35. The van der Waals surface area contributed by atoms with Crippen LogP contribution in [0.25, 0.3) is 0 Å². The van der Waals surface area contributed by atoms with Gasteiger partial charge in [0.25, 0.3) is 0 Å². The van der Waals surface area contributed by atoms with E-state index in [2.05, 4.69) is 65.2 Å². The molecule has 0 unspecified atom stereocenters. The van der Waals surface area contributed by atoms with E-state index < -0.39 is 0 Å². The molecule has 0 aliphatic rings. The molecule has 2 heteroatoms. The third-order valence-corrected chi connectivity index (χ3v) is 3.31. The Morgan fingerprint density at radius 2 is 1.33 bits per heavy atom. The van der Waals surface area contributed by atoms with E-state index in [1.165, 1.54) is 16.7 Å². The minimum atomic E-state index is 0.414. The minimum Gasteiger partial charge on any atom is -0.292 e. The first kappa shape index (κ1) is 14.6. The predicted octanol–water partition coefficient (Wildman–Crippen LogP) is 4.95. The maximum Gasteiger partial charge on any atom is 0.181 e. The fraction of sp³-hybridized carbons (Fsp3) is 0.562. The fourth-order valence-electron chi connectivity index (χ4n) is 2.16. The van der Waals surface area contributed by atoms with E-state index in [1.807, 2.05) is 0 Å². The Hall–Kier alpha value is -1.49. The van der Waals surface area contributed by atoms with Gasteiger partial charge in [0.2, 0.25) is 0 Å². The largest absolute Gasteiger partial charge is 0.292 e. The van der Waals surface area contributed by atoms with Crippen molar-refractivity contribution in [2.75, 3.05) is 5.32 Å². The summed E-state index contributed by atoms with van der Waals surface area (Å²) in [6.45, 7) is 13.1. The molecule has 0 aliphatic carbocycles. The molecule has 2 nitrogen and oxygen atoms in total. The quantitative estimate of drug-likeness (QED) is 0.601. The van der Waals surface area contributed by atoms with Crippen molar-refractivity contribution in [1.82, 2.24) is 0 Å². The Kier molecular flexibility index (Phi) is 4.78. The number of hydrogen-bond donors (Lipinski definition) is 1. The summed E-state index contributed by atoms with van der Waals surface area (Å²) in [7, 11) is 0. The number of nitrogens with one attached hydrogen (secondary N) is 1. The van der Waals surface area contributed by atoms with Gasteiger partial charge in [-0.25, -0.2) is 0 Å². The Balaban J connectivity index is 3.50. The Labute approximate surface area is 111 Å². The minimum absolute atomic E-state index is 0.414. The van der Waals surface area contributed by atoms with Gasteiger partial charge in [-0.1, -0.05) is 53.7 Å². The lowest BCUT2D eigenvalue weighted by Crippen LogP contribution is -2.05. The van der Waals surface area contributed by atoms with Crippen LogP contribution in [0, 0.1) is 11.5 Å². The number of hydrogen-bond acceptors (Lipinski definition) is 2. The molecule has 18 heavy (non-hydrogen) atoms. The summed E-state index contributed by atoms with van der Waals surface area (Å²) < 4.78 is 0. The maximum atomic E-state index is 8.95. The van der Waals surface area contributed by atoms with Gasteiger partial charge in [-0.15, -0.1) is 0 Å². The topological polar surface area (TPSA) is 35.8 Å². The lowest BCUT2D eigenvalue weighted by Gasteiger charge is -2.21. The third kappa shape index (κ3) is 3.04. The Morgan fingerprint density at radius 3 is 1.61 bits per heavy atom. The van der Waals surface area contributed by atoms with E-state index in [-0.39, 0.29) is 0 Å². The van der Waals surface area contributed by atoms with E-state index >= 15 is 0 Å². The van der Waals surface area contributed by atoms with Crippen LogP contribution in [-0.2, 0) is 0 Å². The van der Waals surface area contributed by atoms with Crippen LogP contribution < -0.4 is 5.32 Å². The average molecular weight is 244 g/mol. The Morgan fingerprint density at radius 1 is 0.889 bits per heavy atom. The molecular weight excluding hydrogens is 220 g/mol. The summed E-state index contributed by atoms with van der Waals surface area (Å²) in [5.74, 6) is 1.34. The maximum absolute atomic E-state index is 8.95. The molecule has 0 fully saturated rings. The summed E-state index contributed by atoms with van der Waals surface area (Å²) in [4.78, 5) is 0. The number of nitriles is 1. The van der Waals surface area contributed by atoms with Gasteiger partial charge < -0.3 is 0 Å². The summed E-state index contributed by atoms with van der Waals surface area (Å²) in [5.41, 5.74) is 4.84. The summed E-state index contributed by atoms with van der Waals surface area (Å²) >= 11 is 0. The van der Waals surface area contributed by atoms with Gasteiger partial charge in [0.1, 0.15) is 0 Å². The number of benzene rings is 1. The second-order valence-electron chi connectivity index (χ2n) is 5.78. The standard InChI is InChI=1S/C16H24N2/c1-10(2)13-7-14(11(3)4)16(18-9-17)15(8-13)12(5)6/h7-8,10-12,18H,1-6H3. The molecule has 0 heterocycles. The first-order chi connectivity index (χ1) is 8.38. The molecular formula is C16H24N2. The van der Waals surface area contributed by atoms with Gasteiger partial charge in [0.05, 0.1) is 5.69 Å². The molecule has 1 aromatic rings. The molecule has 1 aromatic carbocycles. The molecule has 0 bridgehead atoms. The van der Waals surface area contributed by atoms with Gasteiger partial charge in [0.15, 0.2) is 6.19 Å². The van der Waals surface area contributed by atoms with Gasteiger partial charge in [-0.3, -0.25) is 5.32 Å². The van der Waals surface area contributed by atoms with Crippen molar-refractivity contribution in [3.05, 3.63) is 28.8 Å². The van der Waals surface area contributed by atoms with Crippen LogP contribution >= 0.6 is 0 Å². The first-order valence-electron chi connectivity index (χ1n) is 6.71. The molecule has 0 aromatic heterocycles. The Bertz CT molecular complexity index is 422. The van der Waals surface area contributed by atoms with Crippen molar-refractivity contribution in [2.45, 2.75) is 59.3 Å². The highest BCUT2D eigenvalue weighted by molar-refractivity contribution is 5.63. The molecule has 0 amide bonds. The first-order valence-corrected chi connectivity index (χ1v) is 6.71. The number of anilines is 1. The smallest absolute Gasteiger partial charge is 0.181 e. The van der Waals surface area contributed by atoms with Crippen LogP contribution in [0.2, 0.25) is 0 Å². The molecule has 1 rings (SSSR count). The summed E-state index contributed by atoms with van der Waals surface area (Å²) in [6.07, 6.45) is 2.07. The molecule has 98 valence electrons. The zero-order chi connectivity index (χ0) is 13.9. The van der Waals surface area contributed by atoms with Crippen molar-refractivity contribution >= 4 is 5.69 Å². The molecule has 0 atom stereocenters. The van der Waals surface area contributed by atoms with Crippen molar-refractivity contribution in [1.29, 1.82) is 5.26 Å². The fourth-order valence-corrected chi connectivity index (χ4v) is 2.16. The van der Waals surface area contributed by atoms with E-state index in [1.54, 1.807) is 0 Å². The van der Waals surface area contributed by atoms with Gasteiger partial charge in [-0.05, 0) is 34.4 Å². The molecule has 0 saturated carbocycles. The predicted molar refractivity (Wildman–Crippen MR) is 77.9 cm³/mol. The highest BCUT2D eigenvalue weighted by Gasteiger charge is 2.16. The third-order valence-electron chi connectivity index (χ3n) is 3.31. The monoisotopic (exact) mass is 244 g/mol. The van der Waals surface area contributed by atoms with Crippen LogP contribution in [0.1, 0.15) is 76.0 Å². The van der Waals surface area contributed by atoms with Crippen molar-refractivity contribution in [3.8, 4) is 6.19 Å². The molecule has 0 saturated heterocycles. The van der Waals surface area contributed by atoms with Gasteiger partial charge in [-0.2, -0.15) is 5.26 Å². The van der Waals surface area contributed by atoms with Crippen molar-refractivity contribution in [2.24, 2.45) is 0 Å². The van der Waals surface area contributed by atoms with E-state index in [0.717, 1.165) is 5.69 Å². The lowest BCUT2D eigenvalue weighted by atomic mass is 9.87. The SMILES string of the molecule is CC(C)c1cc(C(C)C)c(NC#N)c(C(C)C)c1. The van der Waals surface area contributed by atoms with E-state index in [0.29, 0.717) is 17.8 Å².